The van der Waals surface area contributed by atoms with E-state index in [0.29, 0.717) is 6.54 Å². The van der Waals surface area contributed by atoms with Gasteiger partial charge in [-0.1, -0.05) is 54.6 Å². The summed E-state index contributed by atoms with van der Waals surface area (Å²) in [6.45, 7) is 4.35. The minimum absolute atomic E-state index is 0.690. The summed E-state index contributed by atoms with van der Waals surface area (Å²) in [4.78, 5) is 0. The average Bonchev–Trinajstić information content (AvgIpc) is 2.63. The Morgan fingerprint density at radius 3 is 2.12 bits per heavy atom. The predicted octanol–water partition coefficient (Wildman–Crippen LogP) is 3.22. The van der Waals surface area contributed by atoms with Crippen molar-refractivity contribution in [1.82, 2.24) is 10.6 Å². The molecular formula is C21H23N3. The van der Waals surface area contributed by atoms with Gasteiger partial charge in [0.05, 0.1) is 0 Å². The van der Waals surface area contributed by atoms with Crippen molar-refractivity contribution in [2.75, 3.05) is 26.2 Å². The molecular weight excluding hydrogens is 294 g/mol. The van der Waals surface area contributed by atoms with Gasteiger partial charge in [-0.15, -0.1) is 0 Å². The van der Waals surface area contributed by atoms with Crippen LogP contribution in [0.15, 0.2) is 54.6 Å². The molecule has 0 spiro atoms. The zero-order chi connectivity index (χ0) is 16.4. The van der Waals surface area contributed by atoms with Crippen LogP contribution in [-0.2, 0) is 6.54 Å². The summed E-state index contributed by atoms with van der Waals surface area (Å²) in [5.41, 5.74) is 6.85. The van der Waals surface area contributed by atoms with Gasteiger partial charge in [0.15, 0.2) is 0 Å². The first-order valence-corrected chi connectivity index (χ1v) is 8.65. The molecule has 0 aliphatic heterocycles. The maximum atomic E-state index is 5.49. The first-order chi connectivity index (χ1) is 11.9. The maximum absolute atomic E-state index is 5.49. The van der Waals surface area contributed by atoms with Crippen molar-refractivity contribution < 1.29 is 0 Å². The van der Waals surface area contributed by atoms with E-state index in [1.807, 2.05) is 0 Å². The highest BCUT2D eigenvalue weighted by Crippen LogP contribution is 2.35. The molecule has 0 heterocycles. The van der Waals surface area contributed by atoms with Gasteiger partial charge in [-0.3, -0.25) is 0 Å². The molecule has 4 N–H and O–H groups in total. The van der Waals surface area contributed by atoms with E-state index in [4.69, 9.17) is 5.73 Å². The van der Waals surface area contributed by atoms with E-state index in [9.17, 15) is 0 Å². The SMILES string of the molecule is NCCNCCNCc1ccc2ccc3cccc4ccc1c2c34. The smallest absolute Gasteiger partial charge is 0.0212 e. The lowest BCUT2D eigenvalue weighted by atomic mass is 9.92. The van der Waals surface area contributed by atoms with Crippen LogP contribution in [0, 0.1) is 0 Å². The molecule has 0 atom stereocenters. The molecule has 0 aliphatic rings. The van der Waals surface area contributed by atoms with E-state index in [1.165, 1.54) is 37.9 Å². The van der Waals surface area contributed by atoms with Gasteiger partial charge in [-0.05, 0) is 37.9 Å². The van der Waals surface area contributed by atoms with E-state index in [1.54, 1.807) is 0 Å². The van der Waals surface area contributed by atoms with Crippen molar-refractivity contribution in [2.24, 2.45) is 5.73 Å². The standard InChI is InChI=1S/C21H23N3/c22-10-11-23-12-13-24-14-18-7-6-17-5-4-15-2-1-3-16-8-9-19(18)21(17)20(15)16/h1-9,23-24H,10-14,22H2. The van der Waals surface area contributed by atoms with Crippen molar-refractivity contribution in [3.8, 4) is 0 Å². The Hall–Kier alpha value is -2.20. The summed E-state index contributed by atoms with van der Waals surface area (Å²) in [5.74, 6) is 0. The third-order valence-electron chi connectivity index (χ3n) is 4.73. The molecule has 0 radical (unpaired) electrons. The molecule has 3 heteroatoms. The zero-order valence-electron chi connectivity index (χ0n) is 13.8. The second-order valence-corrected chi connectivity index (χ2v) is 6.30. The Balaban J connectivity index is 1.67. The molecule has 0 saturated carbocycles. The summed E-state index contributed by atoms with van der Waals surface area (Å²) < 4.78 is 0. The molecule has 24 heavy (non-hydrogen) atoms. The van der Waals surface area contributed by atoms with E-state index < -0.39 is 0 Å². The van der Waals surface area contributed by atoms with Gasteiger partial charge in [0.25, 0.3) is 0 Å². The molecule has 0 fully saturated rings. The highest BCUT2D eigenvalue weighted by molar-refractivity contribution is 6.23. The quantitative estimate of drug-likeness (QED) is 0.362. The molecule has 122 valence electrons. The van der Waals surface area contributed by atoms with Crippen molar-refractivity contribution in [2.45, 2.75) is 6.54 Å². The molecule has 0 bridgehead atoms. The third kappa shape index (κ3) is 2.71. The molecule has 0 unspecified atom stereocenters. The van der Waals surface area contributed by atoms with Crippen LogP contribution < -0.4 is 16.4 Å². The van der Waals surface area contributed by atoms with E-state index in [-0.39, 0.29) is 0 Å². The van der Waals surface area contributed by atoms with Crippen LogP contribution in [0.25, 0.3) is 32.3 Å². The van der Waals surface area contributed by atoms with Gasteiger partial charge in [-0.25, -0.2) is 0 Å². The summed E-state index contributed by atoms with van der Waals surface area (Å²) in [6.07, 6.45) is 0. The molecule has 3 nitrogen and oxygen atoms in total. The molecule has 0 aliphatic carbocycles. The van der Waals surface area contributed by atoms with Crippen LogP contribution in [-0.4, -0.2) is 26.2 Å². The van der Waals surface area contributed by atoms with Crippen molar-refractivity contribution in [3.63, 3.8) is 0 Å². The highest BCUT2D eigenvalue weighted by atomic mass is 14.9. The van der Waals surface area contributed by atoms with Crippen LogP contribution >= 0.6 is 0 Å². The molecule has 0 aromatic heterocycles. The van der Waals surface area contributed by atoms with Crippen molar-refractivity contribution in [1.29, 1.82) is 0 Å². The Bertz CT molecular complexity index is 945. The summed E-state index contributed by atoms with van der Waals surface area (Å²) >= 11 is 0. The summed E-state index contributed by atoms with van der Waals surface area (Å²) in [5, 5.41) is 15.0. The Morgan fingerprint density at radius 1 is 0.667 bits per heavy atom. The fourth-order valence-corrected chi connectivity index (χ4v) is 3.58. The largest absolute Gasteiger partial charge is 0.329 e. The topological polar surface area (TPSA) is 50.1 Å². The first-order valence-electron chi connectivity index (χ1n) is 8.65. The molecule has 4 aromatic carbocycles. The van der Waals surface area contributed by atoms with Crippen LogP contribution in [0.5, 0.6) is 0 Å². The van der Waals surface area contributed by atoms with E-state index >= 15 is 0 Å². The van der Waals surface area contributed by atoms with E-state index in [2.05, 4.69) is 65.2 Å². The highest BCUT2D eigenvalue weighted by Gasteiger charge is 2.10. The van der Waals surface area contributed by atoms with Gasteiger partial charge in [0.1, 0.15) is 0 Å². The predicted molar refractivity (Wildman–Crippen MR) is 104 cm³/mol. The number of nitrogens with one attached hydrogen (secondary N) is 2. The van der Waals surface area contributed by atoms with Gasteiger partial charge in [-0.2, -0.15) is 0 Å². The lowest BCUT2D eigenvalue weighted by molar-refractivity contribution is 0.616. The monoisotopic (exact) mass is 317 g/mol. The average molecular weight is 317 g/mol. The molecule has 0 saturated heterocycles. The number of hydrogen-bond donors (Lipinski definition) is 3. The Labute approximate surface area is 142 Å². The number of rotatable bonds is 7. The van der Waals surface area contributed by atoms with E-state index in [0.717, 1.165) is 26.2 Å². The van der Waals surface area contributed by atoms with Gasteiger partial charge < -0.3 is 16.4 Å². The maximum Gasteiger partial charge on any atom is 0.0212 e. The van der Waals surface area contributed by atoms with Crippen LogP contribution in [0.1, 0.15) is 5.56 Å². The second kappa shape index (κ2) is 6.73. The van der Waals surface area contributed by atoms with Crippen LogP contribution in [0.2, 0.25) is 0 Å². The first kappa shape index (κ1) is 15.3. The Morgan fingerprint density at radius 2 is 1.33 bits per heavy atom. The summed E-state index contributed by atoms with van der Waals surface area (Å²) in [6, 6.07) is 20.0. The van der Waals surface area contributed by atoms with Crippen molar-refractivity contribution in [3.05, 3.63) is 60.2 Å². The van der Waals surface area contributed by atoms with Gasteiger partial charge in [0.2, 0.25) is 0 Å². The normalized spacial score (nSPS) is 11.9. The lowest BCUT2D eigenvalue weighted by Crippen LogP contribution is -2.30. The van der Waals surface area contributed by atoms with Crippen LogP contribution in [0.4, 0.5) is 0 Å². The third-order valence-corrected chi connectivity index (χ3v) is 4.73. The van der Waals surface area contributed by atoms with Gasteiger partial charge in [0, 0.05) is 32.7 Å². The lowest BCUT2D eigenvalue weighted by Gasteiger charge is -2.14. The molecule has 4 rings (SSSR count). The zero-order valence-corrected chi connectivity index (χ0v) is 13.8. The number of hydrogen-bond acceptors (Lipinski definition) is 3. The fourth-order valence-electron chi connectivity index (χ4n) is 3.58. The second-order valence-electron chi connectivity index (χ2n) is 6.30. The minimum atomic E-state index is 0.690. The van der Waals surface area contributed by atoms with Crippen LogP contribution in [0.3, 0.4) is 0 Å². The van der Waals surface area contributed by atoms with Gasteiger partial charge >= 0.3 is 0 Å². The fraction of sp³-hybridized carbons (Fsp3) is 0.238. The van der Waals surface area contributed by atoms with Crippen molar-refractivity contribution >= 4 is 32.3 Å². The summed E-state index contributed by atoms with van der Waals surface area (Å²) in [7, 11) is 0. The molecule has 0 amide bonds. The molecule has 4 aromatic rings. The number of benzene rings is 4. The minimum Gasteiger partial charge on any atom is -0.329 e. The number of nitrogens with two attached hydrogens (primary N) is 1. The Kier molecular flexibility index (Phi) is 4.30.